The minimum atomic E-state index is -0.523. The molecule has 1 aliphatic heterocycles. The smallest absolute Gasteiger partial charge is 0.341 e. The number of aryl methyl sites for hydroxylation is 1. The van der Waals surface area contributed by atoms with Crippen LogP contribution in [0.2, 0.25) is 5.02 Å². The lowest BCUT2D eigenvalue weighted by Crippen LogP contribution is -2.50. The Morgan fingerprint density at radius 2 is 1.78 bits per heavy atom. The molecule has 1 saturated heterocycles. The van der Waals surface area contributed by atoms with E-state index in [0.717, 1.165) is 27.3 Å². The first-order valence-corrected chi connectivity index (χ1v) is 14.6. The van der Waals surface area contributed by atoms with Gasteiger partial charge in [-0.2, -0.15) is 0 Å². The van der Waals surface area contributed by atoms with Crippen LogP contribution in [0.3, 0.4) is 0 Å². The summed E-state index contributed by atoms with van der Waals surface area (Å²) in [5, 5.41) is 15.3. The second kappa shape index (κ2) is 12.0. The molecular weight excluding hydrogens is 588 g/mol. The van der Waals surface area contributed by atoms with E-state index >= 15 is 0 Å². The molecule has 5 rings (SSSR count). The average Bonchev–Trinajstić information content (AvgIpc) is 3.48. The van der Waals surface area contributed by atoms with Gasteiger partial charge in [-0.05, 0) is 18.6 Å². The normalized spacial score (nSPS) is 13.8. The monoisotopic (exact) mass is 612 g/mol. The number of piperazine rings is 1. The highest BCUT2D eigenvalue weighted by Gasteiger charge is 2.29. The van der Waals surface area contributed by atoms with Crippen molar-refractivity contribution in [3.05, 3.63) is 79.0 Å². The van der Waals surface area contributed by atoms with Crippen molar-refractivity contribution in [2.75, 3.05) is 45.2 Å². The maximum atomic E-state index is 13.2. The highest BCUT2D eigenvalue weighted by Crippen LogP contribution is 2.40. The molecule has 2 aromatic carbocycles. The van der Waals surface area contributed by atoms with Gasteiger partial charge >= 0.3 is 5.97 Å². The first-order valence-electron chi connectivity index (χ1n) is 12.6. The fourth-order valence-electron chi connectivity index (χ4n) is 4.81. The molecule has 0 saturated carbocycles. The van der Waals surface area contributed by atoms with Gasteiger partial charge in [0.25, 0.3) is 11.6 Å². The molecular formula is C28H25ClN4O6S2. The van der Waals surface area contributed by atoms with Gasteiger partial charge in [0.2, 0.25) is 5.91 Å². The molecule has 2 amide bonds. The zero-order valence-electron chi connectivity index (χ0n) is 22.1. The number of nitro groups is 1. The van der Waals surface area contributed by atoms with Gasteiger partial charge in [0.05, 0.1) is 23.6 Å². The number of benzene rings is 2. The Morgan fingerprint density at radius 1 is 1.07 bits per heavy atom. The molecule has 4 aromatic rings. The molecule has 41 heavy (non-hydrogen) atoms. The lowest BCUT2D eigenvalue weighted by Gasteiger charge is -2.34. The summed E-state index contributed by atoms with van der Waals surface area (Å²) >= 11 is 8.93. The molecule has 0 spiro atoms. The molecule has 212 valence electrons. The number of carbonyl (C=O) groups excluding carboxylic acids is 3. The zero-order chi connectivity index (χ0) is 29.3. The molecule has 2 aromatic heterocycles. The van der Waals surface area contributed by atoms with Crippen LogP contribution in [0, 0.1) is 17.0 Å². The van der Waals surface area contributed by atoms with E-state index in [1.807, 2.05) is 42.2 Å². The quantitative estimate of drug-likeness (QED) is 0.162. The van der Waals surface area contributed by atoms with Crippen molar-refractivity contribution < 1.29 is 24.0 Å². The predicted octanol–water partition coefficient (Wildman–Crippen LogP) is 5.68. The number of amides is 2. The number of nitro benzene ring substituents is 1. The fraction of sp³-hybridized carbons (Fsp3) is 0.250. The summed E-state index contributed by atoms with van der Waals surface area (Å²) in [7, 11) is 1.31. The third kappa shape index (κ3) is 5.82. The number of esters is 1. The number of hydrogen-bond acceptors (Lipinski definition) is 9. The van der Waals surface area contributed by atoms with Crippen molar-refractivity contribution >= 4 is 72.8 Å². The highest BCUT2D eigenvalue weighted by atomic mass is 35.5. The number of halogens is 1. The second-order valence-electron chi connectivity index (χ2n) is 9.39. The van der Waals surface area contributed by atoms with Crippen molar-refractivity contribution in [1.82, 2.24) is 9.80 Å². The van der Waals surface area contributed by atoms with E-state index in [1.165, 1.54) is 30.6 Å². The van der Waals surface area contributed by atoms with Gasteiger partial charge in [-0.15, -0.1) is 22.7 Å². The fourth-order valence-corrected chi connectivity index (χ4v) is 7.40. The van der Waals surface area contributed by atoms with Crippen molar-refractivity contribution in [3.63, 3.8) is 0 Å². The van der Waals surface area contributed by atoms with Gasteiger partial charge in [0.15, 0.2) is 0 Å². The number of rotatable bonds is 7. The molecule has 0 atom stereocenters. The first-order chi connectivity index (χ1) is 19.7. The van der Waals surface area contributed by atoms with E-state index in [1.54, 1.807) is 11.0 Å². The Hall–Kier alpha value is -3.84. The van der Waals surface area contributed by atoms with E-state index < -0.39 is 10.9 Å². The van der Waals surface area contributed by atoms with Crippen LogP contribution in [-0.4, -0.2) is 72.3 Å². The number of carbonyl (C=O) groups is 3. The minimum Gasteiger partial charge on any atom is -0.465 e. The van der Waals surface area contributed by atoms with Crippen molar-refractivity contribution in [1.29, 1.82) is 0 Å². The number of anilines is 1. The molecule has 1 aliphatic rings. The van der Waals surface area contributed by atoms with E-state index in [4.69, 9.17) is 16.3 Å². The van der Waals surface area contributed by atoms with Crippen LogP contribution in [0.1, 0.15) is 24.9 Å². The Morgan fingerprint density at radius 3 is 2.44 bits per heavy atom. The third-order valence-electron chi connectivity index (χ3n) is 6.83. The summed E-state index contributed by atoms with van der Waals surface area (Å²) < 4.78 is 5.61. The van der Waals surface area contributed by atoms with E-state index in [2.05, 4.69) is 5.32 Å². The predicted molar refractivity (Wildman–Crippen MR) is 160 cm³/mol. The number of nitrogens with zero attached hydrogens (tertiary/aromatic N) is 3. The number of thiophene rings is 2. The Labute approximate surface area is 248 Å². The van der Waals surface area contributed by atoms with E-state index in [0.29, 0.717) is 51.7 Å². The van der Waals surface area contributed by atoms with E-state index in [9.17, 15) is 24.5 Å². The summed E-state index contributed by atoms with van der Waals surface area (Å²) in [5.41, 5.74) is 1.86. The number of fused-ring (bicyclic) bond motifs is 1. The Bertz CT molecular complexity index is 1660. The number of non-ortho nitro benzene ring substituents is 1. The summed E-state index contributed by atoms with van der Waals surface area (Å²) in [4.78, 5) is 54.4. The van der Waals surface area contributed by atoms with Crippen molar-refractivity contribution in [2.45, 2.75) is 6.92 Å². The lowest BCUT2D eigenvalue weighted by molar-refractivity contribution is -0.384. The SMILES string of the molecule is COC(=O)c1c(NC(=O)CN2CCN(C(=O)c3sc4cc([N+](=O)[O-])ccc4c3Cl)CC2)sc(C)c1-c1ccccc1. The van der Waals surface area contributed by atoms with Gasteiger partial charge in [-0.25, -0.2) is 4.79 Å². The van der Waals surface area contributed by atoms with Gasteiger partial charge in [-0.3, -0.25) is 24.6 Å². The third-order valence-corrected chi connectivity index (χ3v) is 9.50. The van der Waals surface area contributed by atoms with Gasteiger partial charge in [0.1, 0.15) is 15.4 Å². The van der Waals surface area contributed by atoms with Gasteiger partial charge < -0.3 is 15.0 Å². The van der Waals surface area contributed by atoms with Gasteiger partial charge in [0, 0.05) is 58.8 Å². The van der Waals surface area contributed by atoms with Crippen LogP contribution >= 0.6 is 34.3 Å². The molecule has 0 bridgehead atoms. The molecule has 0 radical (unpaired) electrons. The molecule has 0 aliphatic carbocycles. The number of nitrogens with one attached hydrogen (secondary N) is 1. The zero-order valence-corrected chi connectivity index (χ0v) is 24.5. The molecule has 10 nitrogen and oxygen atoms in total. The second-order valence-corrected chi connectivity index (χ2v) is 12.0. The lowest BCUT2D eigenvalue weighted by atomic mass is 10.0. The minimum absolute atomic E-state index is 0.0611. The van der Waals surface area contributed by atoms with Crippen LogP contribution in [-0.2, 0) is 9.53 Å². The number of ether oxygens (including phenoxy) is 1. The van der Waals surface area contributed by atoms with Crippen LogP contribution in [0.4, 0.5) is 10.7 Å². The molecule has 1 N–H and O–H groups in total. The van der Waals surface area contributed by atoms with Crippen LogP contribution < -0.4 is 5.32 Å². The van der Waals surface area contributed by atoms with Crippen LogP contribution in [0.15, 0.2) is 48.5 Å². The maximum Gasteiger partial charge on any atom is 0.341 e. The van der Waals surface area contributed by atoms with Crippen molar-refractivity contribution in [3.8, 4) is 11.1 Å². The molecule has 3 heterocycles. The maximum absolute atomic E-state index is 13.2. The summed E-state index contributed by atoms with van der Waals surface area (Å²) in [6.45, 7) is 3.70. The van der Waals surface area contributed by atoms with Crippen LogP contribution in [0.25, 0.3) is 21.2 Å². The van der Waals surface area contributed by atoms with Crippen LogP contribution in [0.5, 0.6) is 0 Å². The topological polar surface area (TPSA) is 122 Å². The largest absolute Gasteiger partial charge is 0.465 e. The molecule has 13 heteroatoms. The molecule has 0 unspecified atom stereocenters. The Balaban J connectivity index is 1.23. The van der Waals surface area contributed by atoms with Crippen molar-refractivity contribution in [2.24, 2.45) is 0 Å². The average molecular weight is 613 g/mol. The summed E-state index contributed by atoms with van der Waals surface area (Å²) in [5.74, 6) is -1.04. The highest BCUT2D eigenvalue weighted by molar-refractivity contribution is 7.21. The number of hydrogen-bond donors (Lipinski definition) is 1. The summed E-state index contributed by atoms with van der Waals surface area (Å²) in [6.07, 6.45) is 0. The summed E-state index contributed by atoms with van der Waals surface area (Å²) in [6, 6.07) is 13.8. The standard InChI is InChI=1S/C28H25ClN4O6S2/c1-16-22(17-6-4-3-5-7-17)23(28(36)39-2)26(40-16)30-21(34)15-31-10-12-32(13-11-31)27(35)25-24(29)19-9-8-18(33(37)38)14-20(19)41-25/h3-9,14H,10-13,15H2,1-2H3,(H,30,34). The van der Waals surface area contributed by atoms with Gasteiger partial charge in [-0.1, -0.05) is 41.9 Å². The molecule has 1 fully saturated rings. The first kappa shape index (κ1) is 28.7. The van der Waals surface area contributed by atoms with E-state index in [-0.39, 0.29) is 29.1 Å². The Kier molecular flexibility index (Phi) is 8.36. The number of methoxy groups -OCH3 is 1.